The molecular weight excluding hydrogens is 296 g/mol. The molecule has 0 radical (unpaired) electrons. The summed E-state index contributed by atoms with van der Waals surface area (Å²) in [6.07, 6.45) is 5.91. The molecule has 1 aliphatic rings. The Morgan fingerprint density at radius 3 is 2.39 bits per heavy atom. The molecule has 1 aliphatic carbocycles. The summed E-state index contributed by atoms with van der Waals surface area (Å²) in [7, 11) is 4.63. The van der Waals surface area contributed by atoms with Crippen molar-refractivity contribution in [3.63, 3.8) is 0 Å². The van der Waals surface area contributed by atoms with Crippen LogP contribution in [0.15, 0.2) is 60.1 Å². The Balaban J connectivity index is 2.16. The molecule has 0 fully saturated rings. The Kier molecular flexibility index (Phi) is 5.60. The van der Waals surface area contributed by atoms with Crippen molar-refractivity contribution in [3.05, 3.63) is 65.7 Å². The van der Waals surface area contributed by atoms with E-state index in [0.29, 0.717) is 17.1 Å². The van der Waals surface area contributed by atoms with E-state index in [2.05, 4.69) is 0 Å². The molecule has 1 aromatic carbocycles. The standard InChI is InChI=1S/C18H20O5/c1-21-14-6-4-12(5-7-14)16(20)9-8-15-17(22-2)10-13(19)11-18(15)23-3/h4-11,15,17,19H,1-3H3/b9-8+. The highest BCUT2D eigenvalue weighted by molar-refractivity contribution is 6.04. The maximum Gasteiger partial charge on any atom is 0.185 e. The summed E-state index contributed by atoms with van der Waals surface area (Å²) in [5.74, 6) is 0.915. The number of hydrogen-bond acceptors (Lipinski definition) is 5. The SMILES string of the molecule is COC1=CC(O)=CC(OC)C1/C=C/C(=O)c1ccc(OC)cc1. The van der Waals surface area contributed by atoms with E-state index in [9.17, 15) is 9.90 Å². The van der Waals surface area contributed by atoms with Crippen LogP contribution in [0.4, 0.5) is 0 Å². The monoisotopic (exact) mass is 316 g/mol. The first kappa shape index (κ1) is 16.8. The highest BCUT2D eigenvalue weighted by Gasteiger charge is 2.26. The molecular formula is C18H20O5. The molecule has 5 heteroatoms. The van der Waals surface area contributed by atoms with Crippen molar-refractivity contribution in [1.29, 1.82) is 0 Å². The summed E-state index contributed by atoms with van der Waals surface area (Å²) in [4.78, 5) is 12.2. The number of methoxy groups -OCH3 is 3. The van der Waals surface area contributed by atoms with Gasteiger partial charge in [-0.2, -0.15) is 0 Å². The zero-order valence-electron chi connectivity index (χ0n) is 13.4. The molecule has 0 bridgehead atoms. The number of benzene rings is 1. The van der Waals surface area contributed by atoms with Gasteiger partial charge in [0, 0.05) is 18.7 Å². The lowest BCUT2D eigenvalue weighted by Gasteiger charge is -2.25. The lowest BCUT2D eigenvalue weighted by molar-refractivity contribution is 0.0876. The number of aliphatic hydroxyl groups is 1. The highest BCUT2D eigenvalue weighted by Crippen LogP contribution is 2.27. The molecule has 122 valence electrons. The lowest BCUT2D eigenvalue weighted by Crippen LogP contribution is -2.25. The minimum absolute atomic E-state index is 0.0832. The van der Waals surface area contributed by atoms with Gasteiger partial charge in [-0.25, -0.2) is 0 Å². The first-order valence-corrected chi connectivity index (χ1v) is 7.14. The van der Waals surface area contributed by atoms with Crippen LogP contribution in [0.2, 0.25) is 0 Å². The third-order valence-corrected chi connectivity index (χ3v) is 3.64. The van der Waals surface area contributed by atoms with Gasteiger partial charge in [-0.1, -0.05) is 6.08 Å². The fourth-order valence-electron chi connectivity index (χ4n) is 2.38. The van der Waals surface area contributed by atoms with Gasteiger partial charge in [-0.15, -0.1) is 0 Å². The van der Waals surface area contributed by atoms with Crippen LogP contribution in [0.1, 0.15) is 10.4 Å². The maximum absolute atomic E-state index is 12.2. The predicted octanol–water partition coefficient (Wildman–Crippen LogP) is 3.05. The molecule has 0 saturated heterocycles. The molecule has 1 N–H and O–H groups in total. The van der Waals surface area contributed by atoms with E-state index in [1.165, 1.54) is 19.3 Å². The summed E-state index contributed by atoms with van der Waals surface area (Å²) < 4.78 is 15.7. The van der Waals surface area contributed by atoms with Crippen molar-refractivity contribution in [2.24, 2.45) is 5.92 Å². The molecule has 2 atom stereocenters. The van der Waals surface area contributed by atoms with Crippen LogP contribution in [0.5, 0.6) is 5.75 Å². The predicted molar refractivity (Wildman–Crippen MR) is 86.6 cm³/mol. The summed E-state index contributed by atoms with van der Waals surface area (Å²) in [5.41, 5.74) is 0.563. The van der Waals surface area contributed by atoms with E-state index in [-0.39, 0.29) is 17.5 Å². The van der Waals surface area contributed by atoms with Gasteiger partial charge in [0.1, 0.15) is 17.3 Å². The van der Waals surface area contributed by atoms with Crippen LogP contribution < -0.4 is 4.74 Å². The van der Waals surface area contributed by atoms with Gasteiger partial charge in [0.05, 0.1) is 26.2 Å². The average Bonchev–Trinajstić information content (AvgIpc) is 2.59. The van der Waals surface area contributed by atoms with E-state index in [1.54, 1.807) is 50.6 Å². The summed E-state index contributed by atoms with van der Waals surface area (Å²) in [6, 6.07) is 6.89. The topological polar surface area (TPSA) is 65.0 Å². The molecule has 0 aliphatic heterocycles. The summed E-state index contributed by atoms with van der Waals surface area (Å²) in [5, 5.41) is 9.66. The van der Waals surface area contributed by atoms with Crippen molar-refractivity contribution in [3.8, 4) is 5.75 Å². The quantitative estimate of drug-likeness (QED) is 0.645. The van der Waals surface area contributed by atoms with Crippen molar-refractivity contribution in [1.82, 2.24) is 0 Å². The van der Waals surface area contributed by atoms with Gasteiger partial charge >= 0.3 is 0 Å². The van der Waals surface area contributed by atoms with Crippen LogP contribution in [0.25, 0.3) is 0 Å². The van der Waals surface area contributed by atoms with Crippen molar-refractivity contribution in [2.75, 3.05) is 21.3 Å². The second-order valence-electron chi connectivity index (χ2n) is 5.02. The molecule has 0 heterocycles. The van der Waals surface area contributed by atoms with Gasteiger partial charge in [0.15, 0.2) is 5.78 Å². The number of hydrogen-bond donors (Lipinski definition) is 1. The lowest BCUT2D eigenvalue weighted by atomic mass is 9.93. The number of ether oxygens (including phenoxy) is 3. The second-order valence-corrected chi connectivity index (χ2v) is 5.02. The summed E-state index contributed by atoms with van der Waals surface area (Å²) >= 11 is 0. The van der Waals surface area contributed by atoms with E-state index >= 15 is 0 Å². The van der Waals surface area contributed by atoms with Crippen LogP contribution in [0.3, 0.4) is 0 Å². The fourth-order valence-corrected chi connectivity index (χ4v) is 2.38. The van der Waals surface area contributed by atoms with E-state index in [4.69, 9.17) is 14.2 Å². The third kappa shape index (κ3) is 4.02. The minimum atomic E-state index is -0.394. The Labute approximate surface area is 135 Å². The van der Waals surface area contributed by atoms with Gasteiger partial charge in [-0.3, -0.25) is 4.79 Å². The molecule has 0 saturated carbocycles. The Morgan fingerprint density at radius 2 is 1.83 bits per heavy atom. The van der Waals surface area contributed by atoms with Crippen LogP contribution in [0, 0.1) is 5.92 Å². The second kappa shape index (κ2) is 7.65. The van der Waals surface area contributed by atoms with Crippen LogP contribution >= 0.6 is 0 Å². The average molecular weight is 316 g/mol. The number of rotatable bonds is 6. The highest BCUT2D eigenvalue weighted by atomic mass is 16.5. The Bertz CT molecular complexity index is 640. The van der Waals surface area contributed by atoms with Crippen molar-refractivity contribution < 1.29 is 24.1 Å². The molecule has 2 unspecified atom stereocenters. The number of aliphatic hydroxyl groups excluding tert-OH is 1. The Hall–Kier alpha value is -2.53. The van der Waals surface area contributed by atoms with Gasteiger partial charge < -0.3 is 19.3 Å². The molecule has 0 aromatic heterocycles. The van der Waals surface area contributed by atoms with Gasteiger partial charge in [0.2, 0.25) is 0 Å². The fraction of sp³-hybridized carbons (Fsp3) is 0.278. The van der Waals surface area contributed by atoms with E-state index in [1.807, 2.05) is 0 Å². The Morgan fingerprint density at radius 1 is 1.13 bits per heavy atom. The molecule has 0 spiro atoms. The minimum Gasteiger partial charge on any atom is -0.508 e. The van der Waals surface area contributed by atoms with Gasteiger partial charge in [-0.05, 0) is 36.4 Å². The van der Waals surface area contributed by atoms with Gasteiger partial charge in [0.25, 0.3) is 0 Å². The molecule has 1 aromatic rings. The first-order chi connectivity index (χ1) is 11.1. The maximum atomic E-state index is 12.2. The van der Waals surface area contributed by atoms with E-state index < -0.39 is 6.10 Å². The summed E-state index contributed by atoms with van der Waals surface area (Å²) in [6.45, 7) is 0. The first-order valence-electron chi connectivity index (χ1n) is 7.14. The normalized spacial score (nSPS) is 20.8. The number of ketones is 1. The number of carbonyl (C=O) groups excluding carboxylic acids is 1. The zero-order valence-corrected chi connectivity index (χ0v) is 13.4. The van der Waals surface area contributed by atoms with Crippen LogP contribution in [-0.2, 0) is 9.47 Å². The smallest absolute Gasteiger partial charge is 0.185 e. The number of carbonyl (C=O) groups is 1. The number of allylic oxidation sites excluding steroid dienone is 2. The third-order valence-electron chi connectivity index (χ3n) is 3.64. The zero-order chi connectivity index (χ0) is 16.8. The van der Waals surface area contributed by atoms with Crippen molar-refractivity contribution >= 4 is 5.78 Å². The van der Waals surface area contributed by atoms with Crippen molar-refractivity contribution in [2.45, 2.75) is 6.10 Å². The molecule has 23 heavy (non-hydrogen) atoms. The largest absolute Gasteiger partial charge is 0.508 e. The molecule has 5 nitrogen and oxygen atoms in total. The molecule has 2 rings (SSSR count). The molecule has 0 amide bonds. The van der Waals surface area contributed by atoms with E-state index in [0.717, 1.165) is 0 Å². The van der Waals surface area contributed by atoms with Crippen LogP contribution in [-0.4, -0.2) is 38.3 Å².